The van der Waals surface area contributed by atoms with E-state index in [2.05, 4.69) is 166 Å². The molecule has 50 heavy (non-hydrogen) atoms. The van der Waals surface area contributed by atoms with Crippen molar-refractivity contribution in [1.29, 1.82) is 0 Å². The number of rotatable bonds is 11. The minimum absolute atomic E-state index is 0. The van der Waals surface area contributed by atoms with E-state index < -0.39 is 14.5 Å². The molecule has 0 heterocycles. The summed E-state index contributed by atoms with van der Waals surface area (Å²) in [6, 6.07) is 56.0. The van der Waals surface area contributed by atoms with Crippen molar-refractivity contribution in [2.45, 2.75) is 0 Å². The van der Waals surface area contributed by atoms with Crippen LogP contribution in [0.25, 0.3) is 0 Å². The quantitative estimate of drug-likeness (QED) is 0.0704. The molecule has 0 aliphatic carbocycles. The zero-order valence-corrected chi connectivity index (χ0v) is 32.0. The van der Waals surface area contributed by atoms with E-state index in [9.17, 15) is 34.5 Å². The van der Waals surface area contributed by atoms with Crippen LogP contribution in [0.1, 0.15) is 0 Å². The molecule has 5 rings (SSSR count). The van der Waals surface area contributed by atoms with E-state index >= 15 is 0 Å². The van der Waals surface area contributed by atoms with Gasteiger partial charge in [0.25, 0.3) is 0 Å². The molecule has 14 heteroatoms. The molecule has 0 unspecified atom stereocenters. The molecule has 0 aliphatic heterocycles. The minimum atomic E-state index is -6.00. The van der Waals surface area contributed by atoms with Crippen LogP contribution in [0.4, 0.5) is 34.5 Å². The second kappa shape index (κ2) is 24.8. The number of hydrogen-bond donors (Lipinski definition) is 0. The molecule has 2 radical (unpaired) electrons. The summed E-state index contributed by atoms with van der Waals surface area (Å²) in [6.07, 6.45) is 5.00. The molecule has 5 aromatic carbocycles. The van der Waals surface area contributed by atoms with Crippen molar-refractivity contribution in [2.24, 2.45) is 0 Å². The van der Waals surface area contributed by atoms with Crippen LogP contribution in [0.3, 0.4) is 0 Å². The fourth-order valence-corrected chi connectivity index (χ4v) is 13.3. The third-order valence-corrected chi connectivity index (χ3v) is 14.9. The predicted molar refractivity (Wildman–Crippen MR) is 202 cm³/mol. The molecule has 5 aromatic rings. The van der Waals surface area contributed by atoms with Crippen LogP contribution in [-0.2, 0) is 21.1 Å². The van der Waals surface area contributed by atoms with E-state index in [1.165, 1.54) is 45.9 Å². The van der Waals surface area contributed by atoms with E-state index in [4.69, 9.17) is 0 Å². The smallest absolute Gasteiger partial charge is 0.418 e. The summed E-state index contributed by atoms with van der Waals surface area (Å²) in [6.45, 7) is 6.00. The van der Waals surface area contributed by atoms with Gasteiger partial charge in [0, 0.05) is 0 Å². The first-order valence-electron chi connectivity index (χ1n) is 15.2. The van der Waals surface area contributed by atoms with Crippen molar-refractivity contribution in [2.75, 3.05) is 24.6 Å². The zero-order valence-electron chi connectivity index (χ0n) is 27.0. The van der Waals surface area contributed by atoms with Crippen molar-refractivity contribution < 1.29 is 55.6 Å². The number of hydrogen-bond acceptors (Lipinski definition) is 0. The van der Waals surface area contributed by atoms with E-state index in [0.29, 0.717) is 0 Å². The average Bonchev–Trinajstić information content (AvgIpc) is 3.09. The van der Waals surface area contributed by atoms with Crippen LogP contribution in [0, 0.1) is 13.8 Å². The Morgan fingerprint density at radius 3 is 0.720 bits per heavy atom. The first-order valence-corrected chi connectivity index (χ1v) is 19.9. The molecule has 0 spiro atoms. The van der Waals surface area contributed by atoms with Gasteiger partial charge in [-0.25, -0.2) is 0 Å². The van der Waals surface area contributed by atoms with Gasteiger partial charge in [0.15, 0.2) is 0 Å². The third-order valence-electron chi connectivity index (χ3n) is 6.58. The molecule has 0 saturated heterocycles. The first-order chi connectivity index (χ1) is 23.4. The minimum Gasteiger partial charge on any atom is -0.418 e. The Kier molecular flexibility index (Phi) is 22.6. The van der Waals surface area contributed by atoms with E-state index in [0.717, 1.165) is 0 Å². The summed E-state index contributed by atoms with van der Waals surface area (Å²) < 4.78 is 78.0. The van der Waals surface area contributed by atoms with Gasteiger partial charge in [-0.05, 0) is 67.0 Å². The van der Waals surface area contributed by atoms with Crippen molar-refractivity contribution >= 4 is 64.8 Å². The van der Waals surface area contributed by atoms with Crippen molar-refractivity contribution in [3.63, 3.8) is 0 Å². The molecular formula is C36H37B2F8P3Pt. The van der Waals surface area contributed by atoms with Gasteiger partial charge in [-0.2, -0.15) is 0 Å². The molecule has 0 nitrogen and oxygen atoms in total. The third kappa shape index (κ3) is 19.9. The molecule has 0 saturated carbocycles. The summed E-state index contributed by atoms with van der Waals surface area (Å²) in [5, 5.41) is 7.50. The fraction of sp³-hybridized carbons (Fsp3) is 0.111. The Balaban J connectivity index is 0.000000838. The van der Waals surface area contributed by atoms with Gasteiger partial charge in [0.1, 0.15) is 0 Å². The standard InChI is InChI=1S/C34H33P3.C2H4.2BF4.Pt/c1-6-16-30(17-7-1)35(26-28-36(31-18-8-2-9-19-31)32-20-10-3-11-21-32)27-29-37(33-22-12-4-13-23-33)34-24-14-5-15-25-34;1-2;2*2-1(3,4)5;/h1-25H,26-29H2;1-2H2;;;/q;;2*-1;+2. The molecule has 0 bridgehead atoms. The monoisotopic (exact) mass is 931 g/mol. The number of halogens is 8. The van der Waals surface area contributed by atoms with Crippen LogP contribution in [0.5, 0.6) is 0 Å². The molecule has 0 aromatic heterocycles. The Labute approximate surface area is 309 Å². The van der Waals surface area contributed by atoms with Gasteiger partial charge in [0.05, 0.1) is 0 Å². The normalized spacial score (nSPS) is 10.9. The van der Waals surface area contributed by atoms with Gasteiger partial charge in [0.2, 0.25) is 0 Å². The maximum absolute atomic E-state index is 9.75. The van der Waals surface area contributed by atoms with Crippen LogP contribution < -0.4 is 26.5 Å². The maximum atomic E-state index is 9.75. The molecule has 268 valence electrons. The average molecular weight is 931 g/mol. The van der Waals surface area contributed by atoms with Crippen molar-refractivity contribution in [1.82, 2.24) is 0 Å². The molecule has 0 aliphatic rings. The van der Waals surface area contributed by atoms with E-state index in [1.807, 2.05) is 0 Å². The maximum Gasteiger partial charge on any atom is 2.00 e. The summed E-state index contributed by atoms with van der Waals surface area (Å²) in [4.78, 5) is 0. The summed E-state index contributed by atoms with van der Waals surface area (Å²) in [5.41, 5.74) is 0. The van der Waals surface area contributed by atoms with Crippen LogP contribution >= 0.6 is 23.8 Å². The van der Waals surface area contributed by atoms with Crippen LogP contribution in [0.2, 0.25) is 0 Å². The van der Waals surface area contributed by atoms with Gasteiger partial charge < -0.3 is 34.5 Å². The summed E-state index contributed by atoms with van der Waals surface area (Å²) >= 11 is 0. The fourth-order valence-electron chi connectivity index (χ4n) is 4.70. The second-order valence-electron chi connectivity index (χ2n) is 9.96. The first kappa shape index (κ1) is 45.7. The summed E-state index contributed by atoms with van der Waals surface area (Å²) in [7, 11) is -13.0. The zero-order chi connectivity index (χ0) is 36.1. The van der Waals surface area contributed by atoms with Crippen LogP contribution in [-0.4, -0.2) is 39.2 Å². The molecule has 0 fully saturated rings. The Morgan fingerprint density at radius 1 is 0.340 bits per heavy atom. The predicted octanol–water partition coefficient (Wildman–Crippen LogP) is 10.3. The summed E-state index contributed by atoms with van der Waals surface area (Å²) in [5.74, 6) is 0. The molecule has 0 atom stereocenters. The largest absolute Gasteiger partial charge is 2.00 e. The van der Waals surface area contributed by atoms with Gasteiger partial charge >= 0.3 is 35.6 Å². The van der Waals surface area contributed by atoms with Gasteiger partial charge in [-0.1, -0.05) is 173 Å². The second-order valence-corrected chi connectivity index (χ2v) is 17.1. The van der Waals surface area contributed by atoms with E-state index in [-0.39, 0.29) is 44.8 Å². The Hall–Kier alpha value is -2.35. The Morgan fingerprint density at radius 2 is 0.520 bits per heavy atom. The topological polar surface area (TPSA) is 0 Å². The molecular weight excluding hydrogens is 894 g/mol. The van der Waals surface area contributed by atoms with Crippen molar-refractivity contribution in [3.8, 4) is 0 Å². The van der Waals surface area contributed by atoms with E-state index in [1.54, 1.807) is 5.30 Å². The molecule has 0 amide bonds. The van der Waals surface area contributed by atoms with Gasteiger partial charge in [-0.15, -0.1) is 0 Å². The molecule has 0 N–H and O–H groups in total. The van der Waals surface area contributed by atoms with Crippen LogP contribution in [0.15, 0.2) is 152 Å². The number of benzene rings is 5. The Bertz CT molecular complexity index is 1350. The SMILES string of the molecule is F[B-](F)(F)F.F[B-](F)(F)F.[CH2][CH2].[Pt+2].c1ccc(P(CCP(c2ccccc2)c2ccccc2)CCP(c2ccccc2)c2ccccc2)cc1. The van der Waals surface area contributed by atoms with Gasteiger partial charge in [-0.3, -0.25) is 0 Å². The van der Waals surface area contributed by atoms with Crippen molar-refractivity contribution in [3.05, 3.63) is 166 Å².